The standard InChI is InChI=1S/C28H34N2O6/c1-4-36-22-9-6-20(7-10-22)25-24(26(31)21-8-11-23(34-3)19(2)18-21)27(32)28(33)30(25)13-5-12-29-14-16-35-17-15-29/h6-11,18,25,31H,4-5,12-17H2,1-3H3/b26-24+. The molecule has 2 heterocycles. The van der Waals surface area contributed by atoms with E-state index >= 15 is 0 Å². The number of carbonyl (C=O) groups excluding carboxylic acids is 2. The average Bonchev–Trinajstić information content (AvgIpc) is 3.14. The molecule has 0 spiro atoms. The topological polar surface area (TPSA) is 88.5 Å². The average molecular weight is 495 g/mol. The third kappa shape index (κ3) is 5.39. The maximum Gasteiger partial charge on any atom is 0.295 e. The highest BCUT2D eigenvalue weighted by Crippen LogP contribution is 2.40. The van der Waals surface area contributed by atoms with Gasteiger partial charge in [0.05, 0.1) is 38.5 Å². The molecule has 0 aromatic heterocycles. The Morgan fingerprint density at radius 1 is 1.08 bits per heavy atom. The number of Topliss-reactive ketones (excluding diaryl/α,β-unsaturated/α-hetero) is 1. The number of morpholine rings is 1. The number of carbonyl (C=O) groups is 2. The van der Waals surface area contributed by atoms with Crippen LogP contribution in [0.15, 0.2) is 48.0 Å². The predicted molar refractivity (Wildman–Crippen MR) is 136 cm³/mol. The molecule has 36 heavy (non-hydrogen) atoms. The van der Waals surface area contributed by atoms with Crippen molar-refractivity contribution >= 4 is 17.4 Å². The lowest BCUT2D eigenvalue weighted by Crippen LogP contribution is -2.38. The molecule has 0 bridgehead atoms. The van der Waals surface area contributed by atoms with Crippen LogP contribution in [-0.4, -0.2) is 79.7 Å². The van der Waals surface area contributed by atoms with Crippen molar-refractivity contribution in [1.29, 1.82) is 0 Å². The number of likely N-dealkylation sites (tertiary alicyclic amines) is 1. The van der Waals surface area contributed by atoms with E-state index in [1.807, 2.05) is 38.1 Å². The zero-order chi connectivity index (χ0) is 25.7. The van der Waals surface area contributed by atoms with E-state index in [1.54, 1.807) is 30.2 Å². The second-order valence-corrected chi connectivity index (χ2v) is 8.99. The van der Waals surface area contributed by atoms with Gasteiger partial charge in [0.25, 0.3) is 11.7 Å². The second-order valence-electron chi connectivity index (χ2n) is 8.99. The molecule has 4 rings (SSSR count). The molecule has 2 fully saturated rings. The van der Waals surface area contributed by atoms with Gasteiger partial charge in [-0.3, -0.25) is 14.5 Å². The smallest absolute Gasteiger partial charge is 0.295 e. The van der Waals surface area contributed by atoms with Crippen molar-refractivity contribution in [3.05, 3.63) is 64.7 Å². The Morgan fingerprint density at radius 2 is 1.81 bits per heavy atom. The molecule has 8 nitrogen and oxygen atoms in total. The number of aliphatic hydroxyl groups excluding tert-OH is 1. The summed E-state index contributed by atoms with van der Waals surface area (Å²) in [6.45, 7) is 8.65. The second kappa shape index (κ2) is 11.6. The molecule has 0 radical (unpaired) electrons. The molecule has 2 aromatic carbocycles. The summed E-state index contributed by atoms with van der Waals surface area (Å²) in [6.07, 6.45) is 0.711. The summed E-state index contributed by atoms with van der Waals surface area (Å²) in [5.41, 5.74) is 2.13. The number of benzene rings is 2. The highest BCUT2D eigenvalue weighted by atomic mass is 16.5. The molecule has 2 saturated heterocycles. The lowest BCUT2D eigenvalue weighted by atomic mass is 9.94. The fourth-order valence-electron chi connectivity index (χ4n) is 4.84. The summed E-state index contributed by atoms with van der Waals surface area (Å²) in [6, 6.07) is 11.9. The highest BCUT2D eigenvalue weighted by molar-refractivity contribution is 6.46. The zero-order valence-electron chi connectivity index (χ0n) is 21.2. The zero-order valence-corrected chi connectivity index (χ0v) is 21.2. The molecule has 1 atom stereocenters. The van der Waals surface area contributed by atoms with Crippen molar-refractivity contribution < 1.29 is 28.9 Å². The van der Waals surface area contributed by atoms with Gasteiger partial charge < -0.3 is 24.2 Å². The van der Waals surface area contributed by atoms with Gasteiger partial charge in [-0.15, -0.1) is 0 Å². The molecule has 8 heteroatoms. The third-order valence-electron chi connectivity index (χ3n) is 6.69. The van der Waals surface area contributed by atoms with E-state index in [-0.39, 0.29) is 11.3 Å². The lowest BCUT2D eigenvalue weighted by molar-refractivity contribution is -0.140. The molecule has 1 N–H and O–H groups in total. The number of aryl methyl sites for hydroxylation is 1. The first-order chi connectivity index (χ1) is 17.4. The number of hydrogen-bond donors (Lipinski definition) is 1. The fourth-order valence-corrected chi connectivity index (χ4v) is 4.84. The Balaban J connectivity index is 1.68. The van der Waals surface area contributed by atoms with E-state index in [0.717, 1.165) is 30.8 Å². The summed E-state index contributed by atoms with van der Waals surface area (Å²) in [4.78, 5) is 30.4. The molecule has 2 aliphatic heterocycles. The highest BCUT2D eigenvalue weighted by Gasteiger charge is 2.45. The van der Waals surface area contributed by atoms with E-state index in [1.165, 1.54) is 0 Å². The first-order valence-electron chi connectivity index (χ1n) is 12.4. The number of ketones is 1. The minimum absolute atomic E-state index is 0.0973. The molecule has 192 valence electrons. The Bertz CT molecular complexity index is 1120. The van der Waals surface area contributed by atoms with Crippen molar-refractivity contribution in [3.8, 4) is 11.5 Å². The van der Waals surface area contributed by atoms with Crippen molar-refractivity contribution in [1.82, 2.24) is 9.80 Å². The first kappa shape index (κ1) is 25.7. The van der Waals surface area contributed by atoms with Crippen LogP contribution in [0, 0.1) is 6.92 Å². The van der Waals surface area contributed by atoms with Crippen molar-refractivity contribution in [3.63, 3.8) is 0 Å². The number of rotatable bonds is 9. The van der Waals surface area contributed by atoms with Gasteiger partial charge in [0.1, 0.15) is 17.3 Å². The molecular formula is C28H34N2O6. The molecule has 1 amide bonds. The van der Waals surface area contributed by atoms with Crippen LogP contribution in [0.5, 0.6) is 11.5 Å². The molecule has 0 aliphatic carbocycles. The van der Waals surface area contributed by atoms with Crippen LogP contribution in [-0.2, 0) is 14.3 Å². The van der Waals surface area contributed by atoms with Crippen LogP contribution in [0.2, 0.25) is 0 Å². The SMILES string of the molecule is CCOc1ccc(C2/C(=C(\O)c3ccc(OC)c(C)c3)C(=O)C(=O)N2CCCN2CCOCC2)cc1. The van der Waals surface area contributed by atoms with Crippen LogP contribution < -0.4 is 9.47 Å². The van der Waals surface area contributed by atoms with Gasteiger partial charge in [0.15, 0.2) is 0 Å². The van der Waals surface area contributed by atoms with Crippen LogP contribution in [0.1, 0.15) is 36.1 Å². The van der Waals surface area contributed by atoms with Gasteiger partial charge >= 0.3 is 0 Å². The van der Waals surface area contributed by atoms with E-state index < -0.39 is 17.7 Å². The first-order valence-corrected chi connectivity index (χ1v) is 12.4. The lowest BCUT2D eigenvalue weighted by Gasteiger charge is -2.29. The number of ether oxygens (including phenoxy) is 3. The largest absolute Gasteiger partial charge is 0.507 e. The summed E-state index contributed by atoms with van der Waals surface area (Å²) in [5.74, 6) is -0.0722. The maximum atomic E-state index is 13.3. The number of methoxy groups -OCH3 is 1. The summed E-state index contributed by atoms with van der Waals surface area (Å²) in [7, 11) is 1.58. The normalized spacial score (nSPS) is 20.1. The maximum absolute atomic E-state index is 13.3. The van der Waals surface area contributed by atoms with E-state index in [2.05, 4.69) is 4.90 Å². The van der Waals surface area contributed by atoms with Crippen molar-refractivity contribution in [2.24, 2.45) is 0 Å². The Morgan fingerprint density at radius 3 is 2.44 bits per heavy atom. The van der Waals surface area contributed by atoms with E-state index in [0.29, 0.717) is 49.8 Å². The molecular weight excluding hydrogens is 460 g/mol. The van der Waals surface area contributed by atoms with Gasteiger partial charge in [-0.2, -0.15) is 0 Å². The van der Waals surface area contributed by atoms with E-state index in [4.69, 9.17) is 14.2 Å². The summed E-state index contributed by atoms with van der Waals surface area (Å²) in [5, 5.41) is 11.3. The monoisotopic (exact) mass is 494 g/mol. The van der Waals surface area contributed by atoms with Gasteiger partial charge in [0, 0.05) is 31.7 Å². The molecule has 1 unspecified atom stereocenters. The van der Waals surface area contributed by atoms with Gasteiger partial charge in [-0.05, 0) is 61.7 Å². The minimum Gasteiger partial charge on any atom is -0.507 e. The van der Waals surface area contributed by atoms with Gasteiger partial charge in [-0.1, -0.05) is 12.1 Å². The van der Waals surface area contributed by atoms with Crippen molar-refractivity contribution in [2.75, 3.05) is 53.1 Å². The summed E-state index contributed by atoms with van der Waals surface area (Å²) < 4.78 is 16.3. The Labute approximate surface area is 212 Å². The Kier molecular flexibility index (Phi) is 8.28. The number of amides is 1. The van der Waals surface area contributed by atoms with Crippen LogP contribution >= 0.6 is 0 Å². The predicted octanol–water partition coefficient (Wildman–Crippen LogP) is 3.55. The number of hydrogen-bond acceptors (Lipinski definition) is 7. The minimum atomic E-state index is -0.687. The van der Waals surface area contributed by atoms with E-state index in [9.17, 15) is 14.7 Å². The Hall–Kier alpha value is -3.36. The fraction of sp³-hybridized carbons (Fsp3) is 0.429. The molecule has 2 aromatic rings. The number of nitrogens with zero attached hydrogens (tertiary/aromatic N) is 2. The van der Waals surface area contributed by atoms with Crippen LogP contribution in [0.25, 0.3) is 5.76 Å². The van der Waals surface area contributed by atoms with Crippen LogP contribution in [0.4, 0.5) is 0 Å². The van der Waals surface area contributed by atoms with Crippen molar-refractivity contribution in [2.45, 2.75) is 26.3 Å². The summed E-state index contributed by atoms with van der Waals surface area (Å²) >= 11 is 0. The van der Waals surface area contributed by atoms with Crippen LogP contribution in [0.3, 0.4) is 0 Å². The van der Waals surface area contributed by atoms with Gasteiger partial charge in [-0.25, -0.2) is 0 Å². The third-order valence-corrected chi connectivity index (χ3v) is 6.69. The van der Waals surface area contributed by atoms with Gasteiger partial charge in [0.2, 0.25) is 0 Å². The quantitative estimate of drug-likeness (QED) is 0.324. The number of aliphatic hydroxyl groups is 1. The molecule has 0 saturated carbocycles. The molecule has 2 aliphatic rings.